The zero-order valence-corrected chi connectivity index (χ0v) is 17.0. The molecule has 1 unspecified atom stereocenters. The van der Waals surface area contributed by atoms with Crippen LogP contribution in [0.1, 0.15) is 23.7 Å². The second-order valence-electron chi connectivity index (χ2n) is 5.73. The van der Waals surface area contributed by atoms with Crippen LogP contribution in [0.2, 0.25) is 15.1 Å². The van der Waals surface area contributed by atoms with E-state index in [1.165, 1.54) is 38.3 Å². The molecule has 28 heavy (non-hydrogen) atoms. The highest BCUT2D eigenvalue weighted by molar-refractivity contribution is 6.41. The van der Waals surface area contributed by atoms with Crippen LogP contribution in [0.15, 0.2) is 30.3 Å². The molecule has 1 atom stereocenters. The highest BCUT2D eigenvalue weighted by Crippen LogP contribution is 2.38. The molecule has 0 N–H and O–H groups in total. The summed E-state index contributed by atoms with van der Waals surface area (Å²) in [6.07, 6.45) is -1.03. The standard InChI is InChI=1S/C18H14Cl3NO6/c1-9(5-16(23)27-2)28-18(24)12-6-10(3-4-15(12)22(25)26)17-13(20)7-11(19)8-14(17)21/h3-4,6-9H,5H2,1-2H3. The van der Waals surface area contributed by atoms with Crippen LogP contribution in [0, 0.1) is 10.1 Å². The number of halogens is 3. The van der Waals surface area contributed by atoms with Gasteiger partial charge in [0.15, 0.2) is 0 Å². The summed E-state index contributed by atoms with van der Waals surface area (Å²) in [5.41, 5.74) is -0.0364. The van der Waals surface area contributed by atoms with Gasteiger partial charge in [0.05, 0.1) is 28.5 Å². The van der Waals surface area contributed by atoms with E-state index in [4.69, 9.17) is 39.5 Å². The van der Waals surface area contributed by atoms with E-state index in [2.05, 4.69) is 4.74 Å². The minimum atomic E-state index is -0.967. The summed E-state index contributed by atoms with van der Waals surface area (Å²) in [4.78, 5) is 34.4. The third-order valence-corrected chi connectivity index (χ3v) is 4.51. The van der Waals surface area contributed by atoms with Gasteiger partial charge in [-0.25, -0.2) is 4.79 Å². The minimum Gasteiger partial charge on any atom is -0.469 e. The zero-order valence-electron chi connectivity index (χ0n) is 14.7. The number of hydrogen-bond acceptors (Lipinski definition) is 6. The average molecular weight is 447 g/mol. The van der Waals surface area contributed by atoms with E-state index in [1.54, 1.807) is 0 Å². The summed E-state index contributed by atoms with van der Waals surface area (Å²) in [5, 5.41) is 12.1. The molecule has 0 spiro atoms. The number of carbonyl (C=O) groups excluding carboxylic acids is 2. The Bertz CT molecular complexity index is 924. The van der Waals surface area contributed by atoms with Crippen LogP contribution in [0.25, 0.3) is 11.1 Å². The quantitative estimate of drug-likeness (QED) is 0.338. The van der Waals surface area contributed by atoms with Crippen molar-refractivity contribution >= 4 is 52.4 Å². The average Bonchev–Trinajstić information content (AvgIpc) is 2.60. The van der Waals surface area contributed by atoms with Crippen molar-refractivity contribution in [3.8, 4) is 11.1 Å². The third-order valence-electron chi connectivity index (χ3n) is 3.70. The minimum absolute atomic E-state index is 0.190. The van der Waals surface area contributed by atoms with Crippen molar-refractivity contribution in [2.45, 2.75) is 19.4 Å². The van der Waals surface area contributed by atoms with Crippen LogP contribution in [0.3, 0.4) is 0 Å². The first-order valence-corrected chi connectivity index (χ1v) is 8.98. The molecular formula is C18H14Cl3NO6. The monoisotopic (exact) mass is 445 g/mol. The summed E-state index contributed by atoms with van der Waals surface area (Å²) in [7, 11) is 1.20. The molecule has 10 heteroatoms. The highest BCUT2D eigenvalue weighted by Gasteiger charge is 2.25. The van der Waals surface area contributed by atoms with Crippen LogP contribution < -0.4 is 0 Å². The summed E-state index contributed by atoms with van der Waals surface area (Å²) in [6, 6.07) is 6.74. The number of carbonyl (C=O) groups is 2. The Morgan fingerprint density at radius 1 is 1.14 bits per heavy atom. The predicted octanol–water partition coefficient (Wildman–Crippen LogP) is 5.33. The Morgan fingerprint density at radius 2 is 1.75 bits per heavy atom. The van der Waals surface area contributed by atoms with Crippen molar-refractivity contribution in [2.24, 2.45) is 0 Å². The maximum Gasteiger partial charge on any atom is 0.345 e. The molecule has 0 saturated carbocycles. The van der Waals surface area contributed by atoms with Gasteiger partial charge in [0.1, 0.15) is 11.7 Å². The molecule has 0 bridgehead atoms. The molecule has 0 heterocycles. The second-order valence-corrected chi connectivity index (χ2v) is 6.98. The Hall–Kier alpha value is -2.35. The lowest BCUT2D eigenvalue weighted by Crippen LogP contribution is -2.20. The normalized spacial score (nSPS) is 11.6. The first kappa shape index (κ1) is 21.9. The summed E-state index contributed by atoms with van der Waals surface area (Å²) >= 11 is 18.3. The number of esters is 2. The molecule has 0 aliphatic heterocycles. The number of ether oxygens (including phenoxy) is 2. The smallest absolute Gasteiger partial charge is 0.345 e. The fourth-order valence-corrected chi connectivity index (χ4v) is 3.47. The van der Waals surface area contributed by atoms with E-state index in [0.29, 0.717) is 16.1 Å². The van der Waals surface area contributed by atoms with E-state index in [9.17, 15) is 19.7 Å². The van der Waals surface area contributed by atoms with Crippen LogP contribution in [-0.4, -0.2) is 30.1 Å². The summed E-state index contributed by atoms with van der Waals surface area (Å²) in [6.45, 7) is 1.47. The molecule has 2 aromatic rings. The molecule has 0 saturated heterocycles. The van der Waals surface area contributed by atoms with Crippen LogP contribution in [0.4, 0.5) is 5.69 Å². The maximum absolute atomic E-state index is 12.5. The van der Waals surface area contributed by atoms with Crippen molar-refractivity contribution < 1.29 is 24.0 Å². The number of rotatable bonds is 6. The van der Waals surface area contributed by atoms with Crippen molar-refractivity contribution in [3.05, 3.63) is 61.1 Å². The Kier molecular flexibility index (Phi) is 7.23. The molecule has 2 aromatic carbocycles. The lowest BCUT2D eigenvalue weighted by molar-refractivity contribution is -0.385. The SMILES string of the molecule is COC(=O)CC(C)OC(=O)c1cc(-c2c(Cl)cc(Cl)cc2Cl)ccc1[N+](=O)[O-]. The van der Waals surface area contributed by atoms with Gasteiger partial charge in [-0.1, -0.05) is 34.8 Å². The van der Waals surface area contributed by atoms with Crippen LogP contribution in [-0.2, 0) is 14.3 Å². The summed E-state index contributed by atoms with van der Waals surface area (Å²) < 4.78 is 9.64. The van der Waals surface area contributed by atoms with E-state index in [0.717, 1.165) is 6.07 Å². The highest BCUT2D eigenvalue weighted by atomic mass is 35.5. The fourth-order valence-electron chi connectivity index (χ4n) is 2.44. The molecule has 0 radical (unpaired) electrons. The van der Waals surface area contributed by atoms with E-state index in [-0.39, 0.29) is 22.0 Å². The number of benzene rings is 2. The van der Waals surface area contributed by atoms with Crippen molar-refractivity contribution in [1.29, 1.82) is 0 Å². The molecule has 0 aliphatic rings. The van der Waals surface area contributed by atoms with Gasteiger partial charge >= 0.3 is 11.9 Å². The van der Waals surface area contributed by atoms with Crippen molar-refractivity contribution in [1.82, 2.24) is 0 Å². The number of hydrogen-bond donors (Lipinski definition) is 0. The van der Waals surface area contributed by atoms with Gasteiger partial charge in [0, 0.05) is 16.7 Å². The predicted molar refractivity (Wildman–Crippen MR) is 105 cm³/mol. The molecule has 0 fully saturated rings. The molecule has 148 valence electrons. The third kappa shape index (κ3) is 5.13. The lowest BCUT2D eigenvalue weighted by Gasteiger charge is -2.13. The number of nitro groups is 1. The van der Waals surface area contributed by atoms with Crippen molar-refractivity contribution in [2.75, 3.05) is 7.11 Å². The Morgan fingerprint density at radius 3 is 2.29 bits per heavy atom. The van der Waals surface area contributed by atoms with Gasteiger partial charge in [-0.15, -0.1) is 0 Å². The van der Waals surface area contributed by atoms with Crippen molar-refractivity contribution in [3.63, 3.8) is 0 Å². The van der Waals surface area contributed by atoms with Gasteiger partial charge in [-0.2, -0.15) is 0 Å². The second kappa shape index (κ2) is 9.23. The maximum atomic E-state index is 12.5. The molecular weight excluding hydrogens is 433 g/mol. The van der Waals surface area contributed by atoms with Gasteiger partial charge in [0.2, 0.25) is 0 Å². The first-order valence-electron chi connectivity index (χ1n) is 7.85. The molecule has 0 aliphatic carbocycles. The van der Waals surface area contributed by atoms with Gasteiger partial charge in [-0.05, 0) is 36.8 Å². The zero-order chi connectivity index (χ0) is 21.0. The molecule has 7 nitrogen and oxygen atoms in total. The number of nitro benzene ring substituents is 1. The van der Waals surface area contributed by atoms with E-state index >= 15 is 0 Å². The number of methoxy groups -OCH3 is 1. The fraction of sp³-hybridized carbons (Fsp3) is 0.222. The molecule has 2 rings (SSSR count). The first-order chi connectivity index (χ1) is 13.1. The van der Waals surface area contributed by atoms with Gasteiger partial charge in [-0.3, -0.25) is 14.9 Å². The van der Waals surface area contributed by atoms with E-state index < -0.39 is 28.7 Å². The lowest BCUT2D eigenvalue weighted by atomic mass is 10.0. The van der Waals surface area contributed by atoms with Gasteiger partial charge < -0.3 is 9.47 Å². The number of nitrogens with zero attached hydrogens (tertiary/aromatic N) is 1. The largest absolute Gasteiger partial charge is 0.469 e. The topological polar surface area (TPSA) is 95.7 Å². The summed E-state index contributed by atoms with van der Waals surface area (Å²) in [5.74, 6) is -1.55. The van der Waals surface area contributed by atoms with Crippen LogP contribution >= 0.6 is 34.8 Å². The van der Waals surface area contributed by atoms with E-state index in [1.807, 2.05) is 0 Å². The van der Waals surface area contributed by atoms with Crippen LogP contribution in [0.5, 0.6) is 0 Å². The Balaban J connectivity index is 2.46. The molecule has 0 aromatic heterocycles. The molecule has 0 amide bonds. The Labute approximate surface area is 175 Å². The van der Waals surface area contributed by atoms with Gasteiger partial charge in [0.25, 0.3) is 5.69 Å².